The van der Waals surface area contributed by atoms with E-state index in [0.717, 1.165) is 0 Å². The molecule has 0 aromatic carbocycles. The van der Waals surface area contributed by atoms with Gasteiger partial charge in [-0.15, -0.1) is 0 Å². The van der Waals surface area contributed by atoms with Gasteiger partial charge in [-0.25, -0.2) is 19.2 Å². The lowest BCUT2D eigenvalue weighted by Crippen LogP contribution is -2.37. The number of hydrogen-bond acceptors (Lipinski definition) is 6. The van der Waals surface area contributed by atoms with Crippen LogP contribution < -0.4 is 11.3 Å². The van der Waals surface area contributed by atoms with E-state index >= 15 is 0 Å². The van der Waals surface area contributed by atoms with Crippen LogP contribution in [-0.2, 0) is 10.0 Å². The molecule has 0 saturated heterocycles. The first kappa shape index (κ1) is 16.7. The van der Waals surface area contributed by atoms with E-state index in [4.69, 9.17) is 22.7 Å². The van der Waals surface area contributed by atoms with Crippen LogP contribution in [0.3, 0.4) is 0 Å². The van der Waals surface area contributed by atoms with Crippen LogP contribution >= 0.6 is 11.6 Å². The first-order chi connectivity index (χ1) is 9.34. The molecule has 0 radical (unpaired) electrons. The monoisotopic (exact) mass is 317 g/mol. The SMILES string of the molecule is CC(C)N(CCC#N)S(=O)(=O)c1cnc(NN)c(Cl)c1. The number of hydrazine groups is 1. The fourth-order valence-corrected chi connectivity index (χ4v) is 3.51. The average Bonchev–Trinajstić information content (AvgIpc) is 2.38. The Kier molecular flexibility index (Phi) is 5.71. The molecule has 0 spiro atoms. The topological polar surface area (TPSA) is 112 Å². The van der Waals surface area contributed by atoms with E-state index in [1.165, 1.54) is 16.6 Å². The molecule has 0 aliphatic heterocycles. The smallest absolute Gasteiger partial charge is 0.244 e. The number of rotatable bonds is 6. The van der Waals surface area contributed by atoms with Crippen molar-refractivity contribution in [2.45, 2.75) is 31.2 Å². The van der Waals surface area contributed by atoms with Gasteiger partial charge in [0.25, 0.3) is 0 Å². The molecule has 1 rings (SSSR count). The Morgan fingerprint density at radius 1 is 1.60 bits per heavy atom. The lowest BCUT2D eigenvalue weighted by Gasteiger charge is -2.25. The summed E-state index contributed by atoms with van der Waals surface area (Å²) in [6, 6.07) is 2.93. The Morgan fingerprint density at radius 3 is 2.70 bits per heavy atom. The van der Waals surface area contributed by atoms with Crippen molar-refractivity contribution in [1.82, 2.24) is 9.29 Å². The summed E-state index contributed by atoms with van der Waals surface area (Å²) in [5, 5.41) is 8.73. The Labute approximate surface area is 123 Å². The van der Waals surface area contributed by atoms with Crippen molar-refractivity contribution in [3.05, 3.63) is 17.3 Å². The van der Waals surface area contributed by atoms with Crippen LogP contribution in [0.25, 0.3) is 0 Å². The highest BCUT2D eigenvalue weighted by Crippen LogP contribution is 2.24. The van der Waals surface area contributed by atoms with Crippen molar-refractivity contribution in [2.24, 2.45) is 5.84 Å². The van der Waals surface area contributed by atoms with Crippen LogP contribution in [0.4, 0.5) is 5.82 Å². The van der Waals surface area contributed by atoms with Crippen LogP contribution in [-0.4, -0.2) is 30.3 Å². The first-order valence-corrected chi connectivity index (χ1v) is 7.67. The Morgan fingerprint density at radius 2 is 2.25 bits per heavy atom. The lowest BCUT2D eigenvalue weighted by atomic mass is 10.3. The highest BCUT2D eigenvalue weighted by Gasteiger charge is 2.27. The quantitative estimate of drug-likeness (QED) is 0.604. The van der Waals surface area contributed by atoms with E-state index in [1.54, 1.807) is 13.8 Å². The summed E-state index contributed by atoms with van der Waals surface area (Å²) in [5.74, 6) is 5.38. The minimum atomic E-state index is -3.75. The van der Waals surface area contributed by atoms with Crippen molar-refractivity contribution in [3.63, 3.8) is 0 Å². The predicted octanol–water partition coefficient (Wildman–Crippen LogP) is 1.33. The Bertz CT molecular complexity index is 612. The summed E-state index contributed by atoms with van der Waals surface area (Å²) in [6.07, 6.45) is 1.29. The van der Waals surface area contributed by atoms with Crippen LogP contribution in [0.15, 0.2) is 17.2 Å². The molecule has 9 heteroatoms. The van der Waals surface area contributed by atoms with Crippen molar-refractivity contribution in [3.8, 4) is 6.07 Å². The van der Waals surface area contributed by atoms with Crippen LogP contribution in [0, 0.1) is 11.3 Å². The van der Waals surface area contributed by atoms with Gasteiger partial charge in [-0.1, -0.05) is 11.6 Å². The van der Waals surface area contributed by atoms with E-state index in [0.29, 0.717) is 0 Å². The van der Waals surface area contributed by atoms with Gasteiger partial charge in [0, 0.05) is 25.2 Å². The number of nitrogens with one attached hydrogen (secondary N) is 1. The number of sulfonamides is 1. The molecule has 0 bridgehead atoms. The van der Waals surface area contributed by atoms with Gasteiger partial charge in [0.1, 0.15) is 4.90 Å². The summed E-state index contributed by atoms with van der Waals surface area (Å²) < 4.78 is 26.2. The number of aromatic nitrogens is 1. The number of nitrogen functional groups attached to an aromatic ring is 1. The number of anilines is 1. The van der Waals surface area contributed by atoms with E-state index in [2.05, 4.69) is 10.4 Å². The molecule has 0 unspecified atom stereocenters. The molecule has 0 amide bonds. The third kappa shape index (κ3) is 3.58. The van der Waals surface area contributed by atoms with E-state index < -0.39 is 10.0 Å². The molecule has 7 nitrogen and oxygen atoms in total. The zero-order valence-electron chi connectivity index (χ0n) is 11.2. The van der Waals surface area contributed by atoms with Crippen molar-refractivity contribution < 1.29 is 8.42 Å². The van der Waals surface area contributed by atoms with Gasteiger partial charge in [-0.3, -0.25) is 0 Å². The number of hydrogen-bond donors (Lipinski definition) is 2. The minimum Gasteiger partial charge on any atom is -0.307 e. The second kappa shape index (κ2) is 6.85. The maximum atomic E-state index is 12.5. The number of nitrogens with zero attached hydrogens (tertiary/aromatic N) is 3. The molecule has 0 aliphatic carbocycles. The molecule has 0 saturated carbocycles. The molecular formula is C11H16ClN5O2S. The van der Waals surface area contributed by atoms with Crippen molar-refractivity contribution in [2.75, 3.05) is 12.0 Å². The standard InChI is InChI=1S/C11H16ClN5O2S/c1-8(2)17(5-3-4-13)20(18,19)9-6-10(12)11(16-14)15-7-9/h6-8H,3,5,14H2,1-2H3,(H,15,16). The fraction of sp³-hybridized carbons (Fsp3) is 0.455. The summed E-state index contributed by atoms with van der Waals surface area (Å²) in [4.78, 5) is 3.81. The molecule has 1 aromatic rings. The third-order valence-corrected chi connectivity index (χ3v) is 4.91. The van der Waals surface area contributed by atoms with Crippen LogP contribution in [0.2, 0.25) is 5.02 Å². The molecule has 1 aromatic heterocycles. The van der Waals surface area contributed by atoms with E-state index in [9.17, 15) is 8.42 Å². The fourth-order valence-electron chi connectivity index (χ4n) is 1.62. The molecule has 0 atom stereocenters. The largest absolute Gasteiger partial charge is 0.307 e. The molecule has 0 fully saturated rings. The van der Waals surface area contributed by atoms with Crippen LogP contribution in [0.5, 0.6) is 0 Å². The molecule has 20 heavy (non-hydrogen) atoms. The summed E-state index contributed by atoms with van der Waals surface area (Å²) in [6.45, 7) is 3.59. The molecular weight excluding hydrogens is 302 g/mol. The van der Waals surface area contributed by atoms with Gasteiger partial charge in [0.05, 0.1) is 11.1 Å². The number of pyridine rings is 1. The zero-order valence-corrected chi connectivity index (χ0v) is 12.7. The molecule has 0 aliphatic rings. The molecule has 110 valence electrons. The van der Waals surface area contributed by atoms with Gasteiger partial charge in [0.2, 0.25) is 10.0 Å². The zero-order chi connectivity index (χ0) is 15.3. The second-order valence-electron chi connectivity index (χ2n) is 4.26. The van der Waals surface area contributed by atoms with E-state index in [-0.39, 0.29) is 34.7 Å². The van der Waals surface area contributed by atoms with Crippen molar-refractivity contribution in [1.29, 1.82) is 5.26 Å². The average molecular weight is 318 g/mol. The number of nitriles is 1. The van der Waals surface area contributed by atoms with E-state index in [1.807, 2.05) is 6.07 Å². The minimum absolute atomic E-state index is 0.0341. The molecule has 3 N–H and O–H groups in total. The van der Waals surface area contributed by atoms with Crippen LogP contribution in [0.1, 0.15) is 20.3 Å². The maximum Gasteiger partial charge on any atom is 0.244 e. The Hall–Kier alpha value is -1.40. The normalized spacial score (nSPS) is 11.7. The highest BCUT2D eigenvalue weighted by atomic mass is 35.5. The highest BCUT2D eigenvalue weighted by molar-refractivity contribution is 7.89. The lowest BCUT2D eigenvalue weighted by molar-refractivity contribution is 0.360. The van der Waals surface area contributed by atoms with Crippen molar-refractivity contribution >= 4 is 27.4 Å². The first-order valence-electron chi connectivity index (χ1n) is 5.85. The molecule has 1 heterocycles. The number of halogens is 1. The van der Waals surface area contributed by atoms with Gasteiger partial charge in [0.15, 0.2) is 5.82 Å². The van der Waals surface area contributed by atoms with Gasteiger partial charge in [-0.2, -0.15) is 9.57 Å². The number of nitrogens with two attached hydrogens (primary N) is 1. The Balaban J connectivity index is 3.20. The van der Waals surface area contributed by atoms with Gasteiger partial charge >= 0.3 is 0 Å². The third-order valence-electron chi connectivity index (χ3n) is 2.58. The maximum absolute atomic E-state index is 12.5. The second-order valence-corrected chi connectivity index (χ2v) is 6.56. The van der Waals surface area contributed by atoms with Gasteiger partial charge in [-0.05, 0) is 19.9 Å². The van der Waals surface area contributed by atoms with Gasteiger partial charge < -0.3 is 5.43 Å². The summed E-state index contributed by atoms with van der Waals surface area (Å²) in [7, 11) is -3.75. The predicted molar refractivity (Wildman–Crippen MR) is 76.3 cm³/mol. The summed E-state index contributed by atoms with van der Waals surface area (Å²) in [5.41, 5.74) is 2.27. The summed E-state index contributed by atoms with van der Waals surface area (Å²) >= 11 is 5.88.